The number of carbonyl (C=O) groups excluding carboxylic acids is 1. The first kappa shape index (κ1) is 27.4. The van der Waals surface area contributed by atoms with Crippen molar-refractivity contribution in [2.75, 3.05) is 0 Å². The maximum Gasteiger partial charge on any atom is 0.214 e. The highest BCUT2D eigenvalue weighted by Crippen LogP contribution is 2.33. The van der Waals surface area contributed by atoms with Crippen LogP contribution in [0.3, 0.4) is 0 Å². The smallest absolute Gasteiger partial charge is 0.214 e. The monoisotopic (exact) mass is 465 g/mol. The molecule has 0 fully saturated rings. The van der Waals surface area contributed by atoms with E-state index in [0.717, 1.165) is 6.42 Å². The fourth-order valence-corrected chi connectivity index (χ4v) is 8.17. The van der Waals surface area contributed by atoms with Crippen LogP contribution in [0.15, 0.2) is 54.6 Å². The maximum absolute atomic E-state index is 13.4. The summed E-state index contributed by atoms with van der Waals surface area (Å²) in [5.74, 6) is 0.312. The molecule has 2 aromatic rings. The predicted molar refractivity (Wildman–Crippen MR) is 146 cm³/mol. The molecular weight excluding hydrogens is 418 g/mol. The molecule has 0 heterocycles. The van der Waals surface area contributed by atoms with Crippen molar-refractivity contribution in [3.63, 3.8) is 0 Å². The molecule has 0 saturated heterocycles. The van der Waals surface area contributed by atoms with E-state index in [2.05, 4.69) is 86.1 Å². The van der Waals surface area contributed by atoms with Crippen LogP contribution in [0, 0.1) is 6.92 Å². The van der Waals surface area contributed by atoms with Crippen LogP contribution >= 0.6 is 0 Å². The van der Waals surface area contributed by atoms with E-state index in [1.807, 2.05) is 6.92 Å². The quantitative estimate of drug-likeness (QED) is 0.190. The topological polar surface area (TPSA) is 20.3 Å². The Labute approximate surface area is 204 Å². The fraction of sp³-hybridized carbons (Fsp3) is 0.567. The summed E-state index contributed by atoms with van der Waals surface area (Å²) in [5.41, 5.74) is 3.84. The molecule has 0 aliphatic carbocycles. The first-order valence-corrected chi connectivity index (χ1v) is 16.5. The predicted octanol–water partition coefficient (Wildman–Crippen LogP) is 8.86. The number of nitrogens with zero attached hydrogens (tertiary/aromatic N) is 1. The van der Waals surface area contributed by atoms with Crippen molar-refractivity contribution >= 4 is 14.1 Å². The number of carbonyl (C=O) groups is 1. The van der Waals surface area contributed by atoms with Gasteiger partial charge in [0.15, 0.2) is 8.24 Å². The lowest BCUT2D eigenvalue weighted by Gasteiger charge is -2.43. The molecule has 0 aliphatic rings. The summed E-state index contributed by atoms with van der Waals surface area (Å²) in [6.45, 7) is 11.2. The van der Waals surface area contributed by atoms with E-state index in [0.29, 0.717) is 12.3 Å². The normalized spacial score (nSPS) is 12.5. The number of amides is 1. The van der Waals surface area contributed by atoms with Gasteiger partial charge in [0.05, 0.1) is 6.04 Å². The largest absolute Gasteiger partial charge is 0.363 e. The Balaban J connectivity index is 2.15. The summed E-state index contributed by atoms with van der Waals surface area (Å²) >= 11 is 0. The average Bonchev–Trinajstić information content (AvgIpc) is 2.82. The van der Waals surface area contributed by atoms with Gasteiger partial charge in [-0.3, -0.25) is 4.79 Å². The molecule has 182 valence electrons. The van der Waals surface area contributed by atoms with Crippen molar-refractivity contribution in [2.45, 2.75) is 110 Å². The molecule has 0 spiro atoms. The second-order valence-electron chi connectivity index (χ2n) is 10.3. The fourth-order valence-electron chi connectivity index (χ4n) is 4.90. The first-order valence-electron chi connectivity index (χ1n) is 13.3. The number of hydrogen-bond acceptors (Lipinski definition) is 1. The molecule has 3 heteroatoms. The van der Waals surface area contributed by atoms with Crippen LogP contribution in [-0.2, 0) is 11.2 Å². The molecular formula is C30H47NOSi. The summed E-state index contributed by atoms with van der Waals surface area (Å²) in [5, 5.41) is 0. The zero-order valence-corrected chi connectivity index (χ0v) is 22.9. The minimum Gasteiger partial charge on any atom is -0.363 e. The van der Waals surface area contributed by atoms with Crippen molar-refractivity contribution < 1.29 is 4.79 Å². The molecule has 1 atom stereocenters. The van der Waals surface area contributed by atoms with Crippen molar-refractivity contribution in [1.29, 1.82) is 0 Å². The van der Waals surface area contributed by atoms with E-state index in [-0.39, 0.29) is 6.04 Å². The number of aryl methyl sites for hydroxylation is 1. The lowest BCUT2D eigenvalue weighted by molar-refractivity contribution is -0.128. The molecule has 2 rings (SSSR count). The molecule has 2 aromatic carbocycles. The van der Waals surface area contributed by atoms with E-state index in [4.69, 9.17) is 0 Å². The summed E-state index contributed by atoms with van der Waals surface area (Å²) in [7, 11) is -1.92. The van der Waals surface area contributed by atoms with E-state index in [9.17, 15) is 4.79 Å². The number of unbranched alkanes of at least 4 members (excludes halogenated alkanes) is 7. The van der Waals surface area contributed by atoms with Gasteiger partial charge in [-0.25, -0.2) is 0 Å². The summed E-state index contributed by atoms with van der Waals surface area (Å²) in [4.78, 5) is 13.4. The van der Waals surface area contributed by atoms with Gasteiger partial charge in [0.1, 0.15) is 0 Å². The minimum absolute atomic E-state index is 0.108. The highest BCUT2D eigenvalue weighted by molar-refractivity contribution is 6.76. The van der Waals surface area contributed by atoms with Gasteiger partial charge in [-0.05, 0) is 30.5 Å². The molecule has 0 saturated carbocycles. The lowest BCUT2D eigenvalue weighted by atomic mass is 9.98. The third-order valence-electron chi connectivity index (χ3n) is 6.91. The van der Waals surface area contributed by atoms with E-state index >= 15 is 0 Å². The van der Waals surface area contributed by atoms with Crippen LogP contribution in [0.2, 0.25) is 19.1 Å². The van der Waals surface area contributed by atoms with Crippen molar-refractivity contribution in [3.05, 3.63) is 71.3 Å². The van der Waals surface area contributed by atoms with Gasteiger partial charge >= 0.3 is 0 Å². The Morgan fingerprint density at radius 1 is 0.818 bits per heavy atom. The maximum atomic E-state index is 13.4. The third kappa shape index (κ3) is 9.12. The molecule has 1 unspecified atom stereocenters. The highest BCUT2D eigenvalue weighted by atomic mass is 28.3. The zero-order valence-electron chi connectivity index (χ0n) is 21.9. The van der Waals surface area contributed by atoms with Crippen molar-refractivity contribution in [1.82, 2.24) is 4.57 Å². The third-order valence-corrected chi connectivity index (χ3v) is 10.4. The number of rotatable bonds is 15. The molecule has 1 amide bonds. The Bertz CT molecular complexity index is 800. The Morgan fingerprint density at radius 2 is 1.39 bits per heavy atom. The zero-order chi connectivity index (χ0) is 24.1. The first-order chi connectivity index (χ1) is 15.9. The highest BCUT2D eigenvalue weighted by Gasteiger charge is 2.37. The van der Waals surface area contributed by atoms with E-state index in [1.54, 1.807) is 0 Å². The summed E-state index contributed by atoms with van der Waals surface area (Å²) in [6.07, 6.45) is 12.1. The van der Waals surface area contributed by atoms with Gasteiger partial charge < -0.3 is 4.57 Å². The van der Waals surface area contributed by atoms with Gasteiger partial charge in [-0.15, -0.1) is 0 Å². The number of hydrogen-bond donors (Lipinski definition) is 0. The van der Waals surface area contributed by atoms with E-state index in [1.165, 1.54) is 74.1 Å². The van der Waals surface area contributed by atoms with Crippen LogP contribution in [-0.4, -0.2) is 18.7 Å². The van der Waals surface area contributed by atoms with Crippen molar-refractivity contribution in [2.24, 2.45) is 0 Å². The molecule has 2 nitrogen and oxygen atoms in total. The van der Waals surface area contributed by atoms with Gasteiger partial charge in [0.2, 0.25) is 5.91 Å². The Hall–Kier alpha value is -1.87. The summed E-state index contributed by atoms with van der Waals surface area (Å²) in [6, 6.07) is 20.8. The van der Waals surface area contributed by atoms with E-state index < -0.39 is 8.24 Å². The molecule has 0 radical (unpaired) electrons. The van der Waals surface area contributed by atoms with Crippen LogP contribution in [0.1, 0.15) is 94.4 Å². The molecule has 0 aromatic heterocycles. The van der Waals surface area contributed by atoms with Gasteiger partial charge in [-0.1, -0.05) is 138 Å². The second-order valence-corrected chi connectivity index (χ2v) is 14.9. The molecule has 0 N–H and O–H groups in total. The standard InChI is InChI=1S/C30H47NOSi/c1-6-8-9-10-11-12-13-17-24-33(4,5)31(30(32)7-2)29(28-18-15-14-16-19-28)25-27-22-20-26(3)21-23-27/h14-16,18-23,29H,6-13,17,24-25H2,1-5H3. The van der Waals surface area contributed by atoms with Gasteiger partial charge in [0, 0.05) is 6.42 Å². The summed E-state index contributed by atoms with van der Waals surface area (Å²) < 4.78 is 2.35. The SMILES string of the molecule is CCCCCCCCCC[Si](C)(C)N(C(=O)CC)C(Cc1ccc(C)cc1)c1ccccc1. The average molecular weight is 466 g/mol. The molecule has 0 bridgehead atoms. The number of benzene rings is 2. The molecule has 33 heavy (non-hydrogen) atoms. The second kappa shape index (κ2) is 14.4. The Morgan fingerprint density at radius 3 is 1.97 bits per heavy atom. The van der Waals surface area contributed by atoms with Crippen LogP contribution in [0.4, 0.5) is 0 Å². The minimum atomic E-state index is -1.92. The van der Waals surface area contributed by atoms with Crippen molar-refractivity contribution in [3.8, 4) is 0 Å². The van der Waals surface area contributed by atoms with Crippen LogP contribution < -0.4 is 0 Å². The Kier molecular flexibility index (Phi) is 11.9. The van der Waals surface area contributed by atoms with Gasteiger partial charge in [0.25, 0.3) is 0 Å². The lowest BCUT2D eigenvalue weighted by Crippen LogP contribution is -2.54. The van der Waals surface area contributed by atoms with Crippen LogP contribution in [0.5, 0.6) is 0 Å². The van der Waals surface area contributed by atoms with Crippen LogP contribution in [0.25, 0.3) is 0 Å². The van der Waals surface area contributed by atoms with Gasteiger partial charge in [-0.2, -0.15) is 0 Å². The molecule has 0 aliphatic heterocycles.